The van der Waals surface area contributed by atoms with E-state index in [-0.39, 0.29) is 28.5 Å². The van der Waals surface area contributed by atoms with Crippen molar-refractivity contribution in [2.45, 2.75) is 31.6 Å². The summed E-state index contributed by atoms with van der Waals surface area (Å²) in [5.41, 5.74) is 1.80. The van der Waals surface area contributed by atoms with Gasteiger partial charge in [-0.3, -0.25) is 4.79 Å². The fourth-order valence-electron chi connectivity index (χ4n) is 4.74. The highest BCUT2D eigenvalue weighted by Crippen LogP contribution is 2.35. The Kier molecular flexibility index (Phi) is 7.30. The number of nitrogens with one attached hydrogen (secondary N) is 2. The molecule has 0 spiro atoms. The lowest BCUT2D eigenvalue weighted by Crippen LogP contribution is -2.34. The molecule has 4 aromatic rings. The van der Waals surface area contributed by atoms with E-state index in [1.807, 2.05) is 0 Å². The van der Waals surface area contributed by atoms with Gasteiger partial charge in [-0.05, 0) is 49.2 Å². The maximum atomic E-state index is 14.6. The second-order valence-electron chi connectivity index (χ2n) is 9.17. The maximum absolute atomic E-state index is 14.6. The zero-order chi connectivity index (χ0) is 27.7. The van der Waals surface area contributed by atoms with Crippen molar-refractivity contribution >= 4 is 29.2 Å². The van der Waals surface area contributed by atoms with Gasteiger partial charge in [-0.15, -0.1) is 0 Å². The molecule has 39 heavy (non-hydrogen) atoms. The van der Waals surface area contributed by atoms with Crippen molar-refractivity contribution in [2.75, 3.05) is 12.4 Å². The van der Waals surface area contributed by atoms with Gasteiger partial charge in [0.25, 0.3) is 0 Å². The molecule has 1 aliphatic heterocycles. The number of rotatable bonds is 3. The molecule has 0 radical (unpaired) electrons. The summed E-state index contributed by atoms with van der Waals surface area (Å²) in [7, 11) is 1.28. The lowest BCUT2D eigenvalue weighted by molar-refractivity contribution is -0.614. The molecule has 5 rings (SSSR count). The first kappa shape index (κ1) is 26.3. The zero-order valence-electron chi connectivity index (χ0n) is 20.8. The number of amides is 1. The quantitative estimate of drug-likeness (QED) is 0.146. The van der Waals surface area contributed by atoms with E-state index < -0.39 is 23.5 Å². The fourth-order valence-corrected chi connectivity index (χ4v) is 4.90. The molecule has 0 fully saturated rings. The average Bonchev–Trinajstić information content (AvgIpc) is 3.41. The second kappa shape index (κ2) is 10.8. The summed E-state index contributed by atoms with van der Waals surface area (Å²) >= 11 is 5.83. The molecule has 2 N–H and O–H groups in total. The van der Waals surface area contributed by atoms with Gasteiger partial charge in [-0.1, -0.05) is 18.0 Å². The van der Waals surface area contributed by atoms with Gasteiger partial charge in [0, 0.05) is 18.1 Å². The third-order valence-electron chi connectivity index (χ3n) is 6.71. The normalized spacial score (nSPS) is 15.5. The molecule has 2 aromatic carbocycles. The lowest BCUT2D eigenvalue weighted by atomic mass is 9.95. The second-order valence-corrected chi connectivity index (χ2v) is 9.57. The predicted molar refractivity (Wildman–Crippen MR) is 140 cm³/mol. The highest BCUT2D eigenvalue weighted by atomic mass is 35.5. The SMILES string of the molecule is COC(=O)c1ccc2c(c1)-c1cnc([nH]1)C(c1ccc(-c3c(F)ccc(Cl)c3F)c[n+]1[O-])CCCCC(=O)N2. The van der Waals surface area contributed by atoms with Gasteiger partial charge in [0.05, 0.1) is 46.4 Å². The zero-order valence-corrected chi connectivity index (χ0v) is 21.5. The molecule has 2 bridgehead atoms. The molecule has 0 aliphatic carbocycles. The van der Waals surface area contributed by atoms with Gasteiger partial charge in [-0.25, -0.2) is 18.6 Å². The van der Waals surface area contributed by atoms with Gasteiger partial charge in [0.15, 0.2) is 12.0 Å². The van der Waals surface area contributed by atoms with Crippen LogP contribution in [-0.4, -0.2) is 29.0 Å². The van der Waals surface area contributed by atoms with Crippen LogP contribution in [0.1, 0.15) is 53.5 Å². The number of H-pyrrole nitrogens is 1. The van der Waals surface area contributed by atoms with Gasteiger partial charge in [-0.2, -0.15) is 4.73 Å². The molecule has 1 atom stereocenters. The number of hydrogen-bond donors (Lipinski definition) is 2. The van der Waals surface area contributed by atoms with Gasteiger partial charge in [0.2, 0.25) is 11.6 Å². The number of imidazole rings is 1. The van der Waals surface area contributed by atoms with Gasteiger partial charge >= 0.3 is 5.97 Å². The third-order valence-corrected chi connectivity index (χ3v) is 7.00. The van der Waals surface area contributed by atoms with E-state index in [9.17, 15) is 23.6 Å². The van der Waals surface area contributed by atoms with E-state index in [2.05, 4.69) is 15.3 Å². The minimum atomic E-state index is -0.950. The van der Waals surface area contributed by atoms with Crippen LogP contribution in [0.15, 0.2) is 54.9 Å². The third kappa shape index (κ3) is 5.20. The van der Waals surface area contributed by atoms with Crippen LogP contribution in [0.25, 0.3) is 22.4 Å². The van der Waals surface area contributed by atoms with Gasteiger partial charge in [0.1, 0.15) is 17.6 Å². The molecule has 200 valence electrons. The topological polar surface area (TPSA) is 111 Å². The number of nitrogens with zero attached hydrogens (tertiary/aromatic N) is 2. The molecular formula is C28H23ClF2N4O4. The van der Waals surface area contributed by atoms with Crippen molar-refractivity contribution in [3.63, 3.8) is 0 Å². The maximum Gasteiger partial charge on any atom is 0.337 e. The summed E-state index contributed by atoms with van der Waals surface area (Å²) in [6, 6.07) is 9.91. The summed E-state index contributed by atoms with van der Waals surface area (Å²) in [6.07, 6.45) is 4.58. The number of aromatic nitrogens is 3. The highest BCUT2D eigenvalue weighted by molar-refractivity contribution is 6.31. The smallest absolute Gasteiger partial charge is 0.337 e. The number of halogens is 3. The highest BCUT2D eigenvalue weighted by Gasteiger charge is 2.28. The van der Waals surface area contributed by atoms with Crippen LogP contribution in [0, 0.1) is 16.8 Å². The van der Waals surface area contributed by atoms with Crippen molar-refractivity contribution in [3.05, 3.63) is 93.8 Å². The molecule has 3 heterocycles. The van der Waals surface area contributed by atoms with Crippen molar-refractivity contribution < 1.29 is 27.8 Å². The monoisotopic (exact) mass is 552 g/mol. The van der Waals surface area contributed by atoms with Crippen LogP contribution in [0.4, 0.5) is 14.5 Å². The summed E-state index contributed by atoms with van der Waals surface area (Å²) < 4.78 is 34.4. The van der Waals surface area contributed by atoms with E-state index in [1.165, 1.54) is 19.2 Å². The Bertz CT molecular complexity index is 1590. The Morgan fingerprint density at radius 3 is 2.77 bits per heavy atom. The predicted octanol–water partition coefficient (Wildman–Crippen LogP) is 5.74. The molecule has 0 saturated heterocycles. The van der Waals surface area contributed by atoms with Crippen LogP contribution in [0.2, 0.25) is 5.02 Å². The number of ether oxygens (including phenoxy) is 1. The van der Waals surface area contributed by atoms with Gasteiger partial charge < -0.3 is 20.2 Å². The molecular weight excluding hydrogens is 530 g/mol. The number of carbonyl (C=O) groups excluding carboxylic acids is 2. The Labute approximate surface area is 227 Å². The summed E-state index contributed by atoms with van der Waals surface area (Å²) in [5.74, 6) is -2.53. The Balaban J connectivity index is 1.57. The number of esters is 1. The van der Waals surface area contributed by atoms with Crippen molar-refractivity contribution in [1.29, 1.82) is 0 Å². The minimum Gasteiger partial charge on any atom is -0.618 e. The van der Waals surface area contributed by atoms with Crippen LogP contribution < -0.4 is 10.0 Å². The number of benzene rings is 2. The first-order valence-electron chi connectivity index (χ1n) is 12.2. The molecule has 8 nitrogen and oxygen atoms in total. The largest absolute Gasteiger partial charge is 0.618 e. The average molecular weight is 553 g/mol. The Hall–Kier alpha value is -4.31. The van der Waals surface area contributed by atoms with E-state index in [1.54, 1.807) is 24.4 Å². The molecule has 1 unspecified atom stereocenters. The van der Waals surface area contributed by atoms with Crippen LogP contribution in [0.5, 0.6) is 0 Å². The molecule has 1 aliphatic rings. The number of hydrogen-bond acceptors (Lipinski definition) is 5. The fraction of sp³-hybridized carbons (Fsp3) is 0.214. The Morgan fingerprint density at radius 2 is 2.00 bits per heavy atom. The van der Waals surface area contributed by atoms with Crippen LogP contribution in [-0.2, 0) is 9.53 Å². The number of methoxy groups -OCH3 is 1. The van der Waals surface area contributed by atoms with Crippen molar-refractivity contribution in [1.82, 2.24) is 9.97 Å². The summed E-state index contributed by atoms with van der Waals surface area (Å²) in [6.45, 7) is 0. The number of carbonyl (C=O) groups is 2. The van der Waals surface area contributed by atoms with Crippen LogP contribution in [0.3, 0.4) is 0 Å². The minimum absolute atomic E-state index is 0.0421. The first-order chi connectivity index (χ1) is 18.8. The lowest BCUT2D eigenvalue weighted by Gasteiger charge is -2.17. The number of pyridine rings is 1. The standard InChI is InChI=1S/C28H23ClF2N4O4/c1-39-28(37)15-6-10-21-18(12-15)22-13-32-27(34-22)17(4-2-3-5-24(36)33-21)23-11-7-16(14-35(23)38)25-20(30)9-8-19(29)26(25)31/h6-14,17H,2-5H2,1H3,(H,32,34)(H,33,36). The molecule has 0 saturated carbocycles. The number of aromatic amines is 1. The molecule has 1 amide bonds. The first-order valence-corrected chi connectivity index (χ1v) is 12.6. The van der Waals surface area contributed by atoms with E-state index in [0.717, 1.165) is 18.3 Å². The van der Waals surface area contributed by atoms with Crippen molar-refractivity contribution in [2.24, 2.45) is 0 Å². The number of anilines is 1. The Morgan fingerprint density at radius 1 is 1.18 bits per heavy atom. The summed E-state index contributed by atoms with van der Waals surface area (Å²) in [5, 5.41) is 15.8. The molecule has 11 heteroatoms. The van der Waals surface area contributed by atoms with E-state index in [4.69, 9.17) is 16.3 Å². The van der Waals surface area contributed by atoms with E-state index >= 15 is 0 Å². The molecule has 2 aromatic heterocycles. The van der Waals surface area contributed by atoms with E-state index in [0.29, 0.717) is 58.0 Å². The van der Waals surface area contributed by atoms with Crippen molar-refractivity contribution in [3.8, 4) is 22.4 Å². The summed E-state index contributed by atoms with van der Waals surface area (Å²) in [4.78, 5) is 32.5. The number of fused-ring (bicyclic) bond motifs is 4. The van der Waals surface area contributed by atoms with Crippen LogP contribution >= 0.6 is 11.6 Å².